The summed E-state index contributed by atoms with van der Waals surface area (Å²) in [7, 11) is 0. The Morgan fingerprint density at radius 2 is 1.87 bits per heavy atom. The molecule has 6 nitrogen and oxygen atoms in total. The van der Waals surface area contributed by atoms with Crippen LogP contribution in [0.1, 0.15) is 18.1 Å². The Hall–Kier alpha value is -3.76. The van der Waals surface area contributed by atoms with Crippen LogP contribution in [0.5, 0.6) is 0 Å². The van der Waals surface area contributed by atoms with Crippen LogP contribution in [0, 0.1) is 11.3 Å². The number of nitrogens with one attached hydrogen (secondary N) is 1. The second kappa shape index (κ2) is 7.93. The molecular formula is C23H18N4O2S. The molecule has 0 spiro atoms. The lowest BCUT2D eigenvalue weighted by molar-refractivity contribution is -0.122. The minimum absolute atomic E-state index is 0.00522. The molecule has 2 heterocycles. The van der Waals surface area contributed by atoms with Crippen molar-refractivity contribution in [1.82, 2.24) is 9.88 Å². The van der Waals surface area contributed by atoms with E-state index in [4.69, 9.17) is 17.5 Å². The minimum Gasteiger partial charge on any atom is -0.333 e. The van der Waals surface area contributed by atoms with Gasteiger partial charge in [-0.1, -0.05) is 43.3 Å². The Bertz CT molecular complexity index is 1270. The highest BCUT2D eigenvalue weighted by Gasteiger charge is 2.35. The quantitative estimate of drug-likeness (QED) is 0.402. The lowest BCUT2D eigenvalue weighted by Gasteiger charge is -2.30. The average Bonchev–Trinajstić information content (AvgIpc) is 3.09. The molecule has 148 valence electrons. The van der Waals surface area contributed by atoms with Gasteiger partial charge in [-0.15, -0.1) is 0 Å². The summed E-state index contributed by atoms with van der Waals surface area (Å²) >= 11 is 5.31. The number of aromatic nitrogens is 1. The summed E-state index contributed by atoms with van der Waals surface area (Å²) in [6, 6.07) is 17.2. The molecule has 1 fully saturated rings. The fraction of sp³-hybridized carbons (Fsp3) is 0.130. The zero-order valence-electron chi connectivity index (χ0n) is 16.3. The number of hydrogen-bond donors (Lipinski definition) is 1. The van der Waals surface area contributed by atoms with Gasteiger partial charge in [0.1, 0.15) is 12.1 Å². The Labute approximate surface area is 179 Å². The summed E-state index contributed by atoms with van der Waals surface area (Å²) in [5, 5.41) is 12.7. The maximum absolute atomic E-state index is 13.3. The van der Waals surface area contributed by atoms with Gasteiger partial charge in [0.05, 0.1) is 11.8 Å². The first kappa shape index (κ1) is 19.6. The highest BCUT2D eigenvalue weighted by molar-refractivity contribution is 7.80. The van der Waals surface area contributed by atoms with E-state index < -0.39 is 11.8 Å². The third-order valence-corrected chi connectivity index (χ3v) is 5.36. The molecule has 0 aliphatic carbocycles. The molecule has 2 amide bonds. The number of amides is 2. The standard InChI is InChI=1S/C23H18N4O2S/c1-2-15-7-3-5-9-19(15)27-22(29)18(21(28)25-23(27)30)13-16-14-26(12-11-24)20-10-6-4-8-17(16)20/h3-10,13-14H,2,12H2,1H3,(H,25,28,30). The van der Waals surface area contributed by atoms with Crippen LogP contribution in [-0.2, 0) is 22.6 Å². The van der Waals surface area contributed by atoms with E-state index in [2.05, 4.69) is 11.4 Å². The SMILES string of the molecule is CCc1ccccc1N1C(=O)C(=Cc2cn(CC#N)c3ccccc23)C(=O)NC1=S. The highest BCUT2D eigenvalue weighted by atomic mass is 32.1. The summed E-state index contributed by atoms with van der Waals surface area (Å²) in [4.78, 5) is 27.4. The van der Waals surface area contributed by atoms with Gasteiger partial charge in [-0.2, -0.15) is 5.26 Å². The van der Waals surface area contributed by atoms with Gasteiger partial charge in [-0.05, 0) is 42.4 Å². The fourth-order valence-electron chi connectivity index (χ4n) is 3.66. The van der Waals surface area contributed by atoms with Gasteiger partial charge >= 0.3 is 0 Å². The van der Waals surface area contributed by atoms with Crippen molar-refractivity contribution >= 4 is 51.8 Å². The van der Waals surface area contributed by atoms with Crippen LogP contribution >= 0.6 is 12.2 Å². The first-order valence-electron chi connectivity index (χ1n) is 9.49. The largest absolute Gasteiger partial charge is 0.333 e. The van der Waals surface area contributed by atoms with Crippen LogP contribution in [0.15, 0.2) is 60.3 Å². The van der Waals surface area contributed by atoms with E-state index in [9.17, 15) is 9.59 Å². The molecule has 1 aliphatic rings. The van der Waals surface area contributed by atoms with E-state index in [1.807, 2.05) is 55.5 Å². The second-order valence-electron chi connectivity index (χ2n) is 6.83. The summed E-state index contributed by atoms with van der Waals surface area (Å²) in [5.74, 6) is -1.01. The number of carbonyl (C=O) groups excluding carboxylic acids is 2. The van der Waals surface area contributed by atoms with Gasteiger partial charge in [0, 0.05) is 22.7 Å². The molecule has 0 saturated carbocycles. The van der Waals surface area contributed by atoms with Crippen molar-refractivity contribution in [2.45, 2.75) is 19.9 Å². The Morgan fingerprint density at radius 1 is 1.13 bits per heavy atom. The predicted octanol–water partition coefficient (Wildman–Crippen LogP) is 3.56. The van der Waals surface area contributed by atoms with E-state index in [-0.39, 0.29) is 17.2 Å². The highest BCUT2D eigenvalue weighted by Crippen LogP contribution is 2.28. The van der Waals surface area contributed by atoms with Crippen molar-refractivity contribution in [1.29, 1.82) is 5.26 Å². The summed E-state index contributed by atoms with van der Waals surface area (Å²) in [6.07, 6.45) is 4.06. The van der Waals surface area contributed by atoms with Gasteiger partial charge < -0.3 is 4.57 Å². The normalized spacial score (nSPS) is 15.5. The van der Waals surface area contributed by atoms with Gasteiger partial charge in [0.25, 0.3) is 11.8 Å². The van der Waals surface area contributed by atoms with E-state index in [1.54, 1.807) is 16.8 Å². The van der Waals surface area contributed by atoms with E-state index in [1.165, 1.54) is 4.90 Å². The molecule has 7 heteroatoms. The number of hydrogen-bond acceptors (Lipinski definition) is 4. The Kier molecular flexibility index (Phi) is 5.17. The first-order valence-corrected chi connectivity index (χ1v) is 9.90. The molecule has 1 aromatic heterocycles. The van der Waals surface area contributed by atoms with Gasteiger partial charge in [0.15, 0.2) is 5.11 Å². The predicted molar refractivity (Wildman–Crippen MR) is 120 cm³/mol. The van der Waals surface area contributed by atoms with Crippen LogP contribution in [-0.4, -0.2) is 21.5 Å². The minimum atomic E-state index is -0.535. The average molecular weight is 414 g/mol. The number of nitriles is 1. The third-order valence-electron chi connectivity index (χ3n) is 5.08. The molecule has 0 bridgehead atoms. The van der Waals surface area contributed by atoms with E-state index >= 15 is 0 Å². The maximum Gasteiger partial charge on any atom is 0.270 e. The summed E-state index contributed by atoms with van der Waals surface area (Å²) in [6.45, 7) is 2.17. The number of fused-ring (bicyclic) bond motifs is 1. The zero-order valence-corrected chi connectivity index (χ0v) is 17.1. The molecule has 30 heavy (non-hydrogen) atoms. The monoisotopic (exact) mass is 414 g/mol. The van der Waals surface area contributed by atoms with Crippen LogP contribution in [0.25, 0.3) is 17.0 Å². The van der Waals surface area contributed by atoms with Crippen molar-refractivity contribution in [2.75, 3.05) is 4.90 Å². The van der Waals surface area contributed by atoms with Crippen LogP contribution in [0.4, 0.5) is 5.69 Å². The number of rotatable bonds is 4. The Morgan fingerprint density at radius 3 is 2.63 bits per heavy atom. The summed E-state index contributed by atoms with van der Waals surface area (Å²) in [5.41, 5.74) is 3.16. The lowest BCUT2D eigenvalue weighted by Crippen LogP contribution is -2.54. The summed E-state index contributed by atoms with van der Waals surface area (Å²) < 4.78 is 1.79. The first-order chi connectivity index (χ1) is 14.5. The third kappa shape index (κ3) is 3.27. The lowest BCUT2D eigenvalue weighted by atomic mass is 10.0. The molecular weight excluding hydrogens is 396 g/mol. The van der Waals surface area contributed by atoms with Crippen molar-refractivity contribution in [3.63, 3.8) is 0 Å². The van der Waals surface area contributed by atoms with Crippen molar-refractivity contribution in [2.24, 2.45) is 0 Å². The topological polar surface area (TPSA) is 78.1 Å². The molecule has 1 N–H and O–H groups in total. The number of anilines is 1. The molecule has 0 unspecified atom stereocenters. The molecule has 1 saturated heterocycles. The molecule has 1 aliphatic heterocycles. The van der Waals surface area contributed by atoms with Gasteiger partial charge in [-0.3, -0.25) is 19.8 Å². The van der Waals surface area contributed by atoms with Crippen molar-refractivity contribution in [3.05, 3.63) is 71.4 Å². The smallest absolute Gasteiger partial charge is 0.270 e. The zero-order chi connectivity index (χ0) is 21.3. The van der Waals surface area contributed by atoms with Crippen molar-refractivity contribution < 1.29 is 9.59 Å². The maximum atomic E-state index is 13.3. The van der Waals surface area contributed by atoms with Gasteiger partial charge in [-0.25, -0.2) is 0 Å². The van der Waals surface area contributed by atoms with Gasteiger partial charge in [0.2, 0.25) is 0 Å². The van der Waals surface area contributed by atoms with E-state index in [0.29, 0.717) is 11.3 Å². The molecule has 0 atom stereocenters. The van der Waals surface area contributed by atoms with E-state index in [0.717, 1.165) is 22.9 Å². The number of thiocarbonyl (C=S) groups is 1. The van der Waals surface area contributed by atoms with Crippen LogP contribution < -0.4 is 10.2 Å². The van der Waals surface area contributed by atoms with Crippen LogP contribution in [0.3, 0.4) is 0 Å². The van der Waals surface area contributed by atoms with Crippen molar-refractivity contribution in [3.8, 4) is 6.07 Å². The van der Waals surface area contributed by atoms with Crippen LogP contribution in [0.2, 0.25) is 0 Å². The molecule has 0 radical (unpaired) electrons. The number of carbonyl (C=O) groups is 2. The molecule has 4 rings (SSSR count). The fourth-order valence-corrected chi connectivity index (χ4v) is 3.93. The molecule has 2 aromatic carbocycles. The number of aryl methyl sites for hydroxylation is 1. The number of nitrogens with zero attached hydrogens (tertiary/aromatic N) is 3. The number of para-hydroxylation sites is 2. The second-order valence-corrected chi connectivity index (χ2v) is 7.21. The Balaban J connectivity index is 1.83. The molecule has 3 aromatic rings. The number of benzene rings is 2.